The molecular formula is C19H26FN5. The molecule has 1 aromatic heterocycles. The van der Waals surface area contributed by atoms with Gasteiger partial charge in [0.1, 0.15) is 5.82 Å². The number of hydrazine groups is 1. The molecule has 134 valence electrons. The van der Waals surface area contributed by atoms with Gasteiger partial charge in [-0.25, -0.2) is 9.37 Å². The predicted octanol–water partition coefficient (Wildman–Crippen LogP) is 2.33. The average molecular weight is 343 g/mol. The number of aryl methyl sites for hydroxylation is 1. The highest BCUT2D eigenvalue weighted by molar-refractivity contribution is 5.24. The number of hydrogen-bond donors (Lipinski definition) is 3. The molecule has 0 saturated carbocycles. The number of piperidine rings is 1. The number of nitrogens with zero attached hydrogens (tertiary/aromatic N) is 2. The lowest BCUT2D eigenvalue weighted by molar-refractivity contribution is 0.138. The van der Waals surface area contributed by atoms with Crippen molar-refractivity contribution in [3.8, 4) is 0 Å². The molecular weight excluding hydrogens is 317 g/mol. The Morgan fingerprint density at radius 2 is 2.12 bits per heavy atom. The van der Waals surface area contributed by atoms with Crippen LogP contribution in [0.25, 0.3) is 0 Å². The number of nitrogens with one attached hydrogen (secondary N) is 3. The highest BCUT2D eigenvalue weighted by Crippen LogP contribution is 2.32. The minimum Gasteiger partial charge on any atom is -0.348 e. The number of halogens is 1. The summed E-state index contributed by atoms with van der Waals surface area (Å²) in [5.74, 6) is 0.799. The number of likely N-dealkylation sites (tertiary alicyclic amines) is 1. The van der Waals surface area contributed by atoms with Crippen LogP contribution in [-0.4, -0.2) is 40.5 Å². The van der Waals surface area contributed by atoms with E-state index in [0.717, 1.165) is 37.6 Å². The molecule has 6 heteroatoms. The zero-order valence-electron chi connectivity index (χ0n) is 14.6. The lowest BCUT2D eigenvalue weighted by atomic mass is 9.81. The quantitative estimate of drug-likeness (QED) is 0.798. The van der Waals surface area contributed by atoms with Gasteiger partial charge in [-0.05, 0) is 49.9 Å². The molecule has 3 heterocycles. The standard InChI is InChI=1S/C19H26FN5/c1-13-18(22-12-21-13)11-25-8-2-3-15(10-25)19-17(9-23-24-19)14-4-6-16(20)7-5-14/h4-7,12,15,17,19,23-24H,2-3,8-11H2,1H3,(H,21,22). The number of hydrogen-bond acceptors (Lipinski definition) is 4. The third kappa shape index (κ3) is 3.61. The van der Waals surface area contributed by atoms with E-state index in [0.29, 0.717) is 17.9 Å². The monoisotopic (exact) mass is 343 g/mol. The molecule has 2 aliphatic heterocycles. The topological polar surface area (TPSA) is 56.0 Å². The summed E-state index contributed by atoms with van der Waals surface area (Å²) in [6.07, 6.45) is 4.22. The summed E-state index contributed by atoms with van der Waals surface area (Å²) < 4.78 is 13.2. The van der Waals surface area contributed by atoms with Crippen LogP contribution in [0.1, 0.15) is 35.7 Å². The van der Waals surface area contributed by atoms with E-state index >= 15 is 0 Å². The first-order valence-electron chi connectivity index (χ1n) is 9.16. The largest absolute Gasteiger partial charge is 0.348 e. The minimum absolute atomic E-state index is 0.169. The molecule has 1 aromatic carbocycles. The zero-order valence-corrected chi connectivity index (χ0v) is 14.6. The molecule has 0 radical (unpaired) electrons. The van der Waals surface area contributed by atoms with Crippen LogP contribution in [0, 0.1) is 18.7 Å². The third-order valence-corrected chi connectivity index (χ3v) is 5.68. The van der Waals surface area contributed by atoms with Crippen LogP contribution in [0.15, 0.2) is 30.6 Å². The molecule has 0 aliphatic carbocycles. The lowest BCUT2D eigenvalue weighted by Crippen LogP contribution is -2.46. The summed E-state index contributed by atoms with van der Waals surface area (Å²) in [6, 6.07) is 7.37. The maximum absolute atomic E-state index is 13.2. The molecule has 25 heavy (non-hydrogen) atoms. The molecule has 0 spiro atoms. The van der Waals surface area contributed by atoms with E-state index in [1.807, 2.05) is 12.1 Å². The fraction of sp³-hybridized carbons (Fsp3) is 0.526. The second kappa shape index (κ2) is 7.23. The Bertz CT molecular complexity index is 698. The first-order valence-corrected chi connectivity index (χ1v) is 9.16. The van der Waals surface area contributed by atoms with E-state index in [4.69, 9.17) is 0 Å². The Morgan fingerprint density at radius 3 is 2.88 bits per heavy atom. The van der Waals surface area contributed by atoms with Crippen LogP contribution in [0.2, 0.25) is 0 Å². The van der Waals surface area contributed by atoms with Gasteiger partial charge in [0.25, 0.3) is 0 Å². The molecule has 2 saturated heterocycles. The summed E-state index contributed by atoms with van der Waals surface area (Å²) in [5, 5.41) is 0. The number of imidazole rings is 1. The summed E-state index contributed by atoms with van der Waals surface area (Å²) >= 11 is 0. The van der Waals surface area contributed by atoms with Crippen LogP contribution < -0.4 is 10.9 Å². The Morgan fingerprint density at radius 1 is 1.28 bits per heavy atom. The third-order valence-electron chi connectivity index (χ3n) is 5.68. The first kappa shape index (κ1) is 16.7. The van der Waals surface area contributed by atoms with Crippen LogP contribution >= 0.6 is 0 Å². The van der Waals surface area contributed by atoms with Gasteiger partial charge >= 0.3 is 0 Å². The highest BCUT2D eigenvalue weighted by atomic mass is 19.1. The number of aromatic amines is 1. The highest BCUT2D eigenvalue weighted by Gasteiger charge is 2.36. The molecule has 3 unspecified atom stereocenters. The number of H-pyrrole nitrogens is 1. The fourth-order valence-electron chi connectivity index (χ4n) is 4.28. The molecule has 0 amide bonds. The van der Waals surface area contributed by atoms with Crippen molar-refractivity contribution in [2.45, 2.75) is 38.3 Å². The predicted molar refractivity (Wildman–Crippen MR) is 95.4 cm³/mol. The van der Waals surface area contributed by atoms with Gasteiger partial charge in [-0.15, -0.1) is 0 Å². The van der Waals surface area contributed by atoms with Crippen molar-refractivity contribution in [2.75, 3.05) is 19.6 Å². The van der Waals surface area contributed by atoms with E-state index in [-0.39, 0.29) is 5.82 Å². The van der Waals surface area contributed by atoms with Gasteiger partial charge in [0.2, 0.25) is 0 Å². The van der Waals surface area contributed by atoms with Crippen LogP contribution in [0.5, 0.6) is 0 Å². The van der Waals surface area contributed by atoms with Crippen molar-refractivity contribution in [2.24, 2.45) is 5.92 Å². The van der Waals surface area contributed by atoms with E-state index < -0.39 is 0 Å². The zero-order chi connectivity index (χ0) is 17.2. The minimum atomic E-state index is -0.169. The molecule has 2 aromatic rings. The summed E-state index contributed by atoms with van der Waals surface area (Å²) in [4.78, 5) is 10.1. The molecule has 3 N–H and O–H groups in total. The SMILES string of the molecule is Cc1[nH]cnc1CN1CCCC(C2NNCC2c2ccc(F)cc2)C1. The second-order valence-corrected chi connectivity index (χ2v) is 7.32. The molecule has 5 nitrogen and oxygen atoms in total. The maximum atomic E-state index is 13.2. The summed E-state index contributed by atoms with van der Waals surface area (Å²) in [5.41, 5.74) is 10.3. The normalized spacial score (nSPS) is 27.7. The van der Waals surface area contributed by atoms with Crippen molar-refractivity contribution in [3.05, 3.63) is 53.4 Å². The molecule has 4 rings (SSSR count). The van der Waals surface area contributed by atoms with Crippen LogP contribution in [-0.2, 0) is 6.54 Å². The molecule has 2 fully saturated rings. The van der Waals surface area contributed by atoms with Crippen molar-refractivity contribution in [1.29, 1.82) is 0 Å². The van der Waals surface area contributed by atoms with Crippen molar-refractivity contribution in [3.63, 3.8) is 0 Å². The molecule has 0 bridgehead atoms. The van der Waals surface area contributed by atoms with Crippen LogP contribution in [0.3, 0.4) is 0 Å². The summed E-state index contributed by atoms with van der Waals surface area (Å²) in [7, 11) is 0. The van der Waals surface area contributed by atoms with E-state index in [2.05, 4.69) is 32.6 Å². The number of rotatable bonds is 4. The van der Waals surface area contributed by atoms with Gasteiger partial charge in [0, 0.05) is 37.3 Å². The van der Waals surface area contributed by atoms with Crippen molar-refractivity contribution < 1.29 is 4.39 Å². The Hall–Kier alpha value is -1.76. The Labute approximate surface area is 148 Å². The van der Waals surface area contributed by atoms with Gasteiger partial charge in [-0.2, -0.15) is 0 Å². The molecule has 2 aliphatic rings. The van der Waals surface area contributed by atoms with Gasteiger partial charge < -0.3 is 4.98 Å². The Balaban J connectivity index is 1.44. The number of aromatic nitrogens is 2. The lowest BCUT2D eigenvalue weighted by Gasteiger charge is -2.37. The van der Waals surface area contributed by atoms with Gasteiger partial charge in [-0.1, -0.05) is 12.1 Å². The fourth-order valence-corrected chi connectivity index (χ4v) is 4.28. The van der Waals surface area contributed by atoms with Gasteiger partial charge in [0.05, 0.1) is 12.0 Å². The maximum Gasteiger partial charge on any atom is 0.123 e. The van der Waals surface area contributed by atoms with E-state index in [1.165, 1.54) is 18.4 Å². The van der Waals surface area contributed by atoms with Gasteiger partial charge in [-0.3, -0.25) is 15.8 Å². The Kier molecular flexibility index (Phi) is 4.83. The van der Waals surface area contributed by atoms with Crippen molar-refractivity contribution >= 4 is 0 Å². The second-order valence-electron chi connectivity index (χ2n) is 7.32. The van der Waals surface area contributed by atoms with Crippen LogP contribution in [0.4, 0.5) is 4.39 Å². The average Bonchev–Trinajstić information content (AvgIpc) is 3.26. The first-order chi connectivity index (χ1) is 12.2. The molecule has 3 atom stereocenters. The summed E-state index contributed by atoms with van der Waals surface area (Å²) in [6.45, 7) is 6.09. The van der Waals surface area contributed by atoms with Gasteiger partial charge in [0.15, 0.2) is 0 Å². The van der Waals surface area contributed by atoms with E-state index in [1.54, 1.807) is 18.5 Å². The van der Waals surface area contributed by atoms with Crippen molar-refractivity contribution in [1.82, 2.24) is 25.7 Å². The number of benzene rings is 1. The smallest absolute Gasteiger partial charge is 0.123 e. The van der Waals surface area contributed by atoms with E-state index in [9.17, 15) is 4.39 Å².